The van der Waals surface area contributed by atoms with Crippen molar-refractivity contribution in [1.82, 2.24) is 15.0 Å². The molecule has 1 aliphatic rings. The summed E-state index contributed by atoms with van der Waals surface area (Å²) in [4.78, 5) is 6.74. The van der Waals surface area contributed by atoms with Crippen LogP contribution in [0.1, 0.15) is 43.0 Å². The van der Waals surface area contributed by atoms with Gasteiger partial charge in [-0.05, 0) is 5.56 Å². The molecule has 0 spiro atoms. The Morgan fingerprint density at radius 1 is 1.27 bits per heavy atom. The van der Waals surface area contributed by atoms with E-state index in [1.165, 1.54) is 5.56 Å². The Labute approximate surface area is 137 Å². The van der Waals surface area contributed by atoms with Crippen LogP contribution in [0.2, 0.25) is 0 Å². The molecule has 0 amide bonds. The van der Waals surface area contributed by atoms with Crippen LogP contribution < -0.4 is 5.73 Å². The number of benzene rings is 1. The number of nitrogens with two attached hydrogens (primary N) is 1. The average molecular weight is 323 g/mol. The van der Waals surface area contributed by atoms with Crippen LogP contribution in [0.3, 0.4) is 0 Å². The molecule has 1 aromatic heterocycles. The van der Waals surface area contributed by atoms with E-state index < -0.39 is 0 Å². The maximum atomic E-state index is 6.30. The predicted molar refractivity (Wildman–Crippen MR) is 88.1 cm³/mol. The molecule has 0 unspecified atom stereocenters. The van der Waals surface area contributed by atoms with Crippen LogP contribution in [0.15, 0.2) is 34.9 Å². The van der Waals surface area contributed by atoms with Crippen molar-refractivity contribution >= 4 is 12.4 Å². The number of halogens is 1. The number of hydrogen-bond acceptors (Lipinski definition) is 5. The monoisotopic (exact) mass is 322 g/mol. The van der Waals surface area contributed by atoms with Gasteiger partial charge in [-0.1, -0.05) is 49.3 Å². The van der Waals surface area contributed by atoms with E-state index in [0.717, 1.165) is 18.9 Å². The third-order valence-corrected chi connectivity index (χ3v) is 4.01. The predicted octanol–water partition coefficient (Wildman–Crippen LogP) is 2.54. The van der Waals surface area contributed by atoms with E-state index in [-0.39, 0.29) is 24.4 Å². The highest BCUT2D eigenvalue weighted by atomic mass is 35.5. The number of rotatable bonds is 4. The number of likely N-dealkylation sites (tertiary alicyclic amines) is 1. The maximum absolute atomic E-state index is 6.30. The van der Waals surface area contributed by atoms with E-state index in [2.05, 4.69) is 53.2 Å². The van der Waals surface area contributed by atoms with Crippen molar-refractivity contribution in [2.75, 3.05) is 13.1 Å². The van der Waals surface area contributed by atoms with Crippen molar-refractivity contribution in [1.29, 1.82) is 0 Å². The highest BCUT2D eigenvalue weighted by Gasteiger charge is 2.31. The second-order valence-corrected chi connectivity index (χ2v) is 6.08. The molecule has 1 aromatic carbocycles. The van der Waals surface area contributed by atoms with E-state index in [1.54, 1.807) is 0 Å². The lowest BCUT2D eigenvalue weighted by molar-refractivity contribution is 0.302. The normalized spacial score (nSPS) is 22.0. The fraction of sp³-hybridized carbons (Fsp3) is 0.500. The molecular formula is C16H23ClN4O. The summed E-state index contributed by atoms with van der Waals surface area (Å²) in [5, 5.41) is 4.06. The van der Waals surface area contributed by atoms with Gasteiger partial charge in [-0.15, -0.1) is 12.4 Å². The van der Waals surface area contributed by atoms with Crippen LogP contribution in [0.5, 0.6) is 0 Å². The molecule has 0 saturated carbocycles. The quantitative estimate of drug-likeness (QED) is 0.937. The van der Waals surface area contributed by atoms with E-state index in [0.29, 0.717) is 18.4 Å². The van der Waals surface area contributed by atoms with Crippen LogP contribution >= 0.6 is 12.4 Å². The van der Waals surface area contributed by atoms with Crippen molar-refractivity contribution in [3.05, 3.63) is 47.6 Å². The van der Waals surface area contributed by atoms with Crippen LogP contribution in [-0.2, 0) is 6.54 Å². The van der Waals surface area contributed by atoms with Gasteiger partial charge in [0.2, 0.25) is 5.89 Å². The molecule has 6 heteroatoms. The van der Waals surface area contributed by atoms with Gasteiger partial charge in [-0.2, -0.15) is 4.98 Å². The lowest BCUT2D eigenvalue weighted by atomic mass is 9.95. The lowest BCUT2D eigenvalue weighted by Crippen LogP contribution is -2.28. The molecule has 1 saturated heterocycles. The van der Waals surface area contributed by atoms with Gasteiger partial charge in [0.25, 0.3) is 0 Å². The Kier molecular flexibility index (Phi) is 5.56. The number of aromatic nitrogens is 2. The summed E-state index contributed by atoms with van der Waals surface area (Å²) in [6, 6.07) is 10.6. The van der Waals surface area contributed by atoms with Gasteiger partial charge in [0, 0.05) is 31.0 Å². The minimum Gasteiger partial charge on any atom is -0.339 e. The summed E-state index contributed by atoms with van der Waals surface area (Å²) in [6.45, 7) is 6.61. The summed E-state index contributed by atoms with van der Waals surface area (Å²) in [5.74, 6) is 2.10. The second kappa shape index (κ2) is 7.22. The third kappa shape index (κ3) is 3.66. The van der Waals surface area contributed by atoms with Gasteiger partial charge in [-0.3, -0.25) is 4.90 Å². The van der Waals surface area contributed by atoms with Gasteiger partial charge in [0.1, 0.15) is 0 Å². The minimum atomic E-state index is 0. The third-order valence-electron chi connectivity index (χ3n) is 4.01. The van der Waals surface area contributed by atoms with Crippen molar-refractivity contribution in [2.45, 2.75) is 38.3 Å². The molecule has 22 heavy (non-hydrogen) atoms. The van der Waals surface area contributed by atoms with Crippen LogP contribution in [0, 0.1) is 0 Å². The largest absolute Gasteiger partial charge is 0.339 e. The van der Waals surface area contributed by atoms with Crippen LogP contribution in [0.4, 0.5) is 0 Å². The van der Waals surface area contributed by atoms with Crippen molar-refractivity contribution in [3.8, 4) is 0 Å². The standard InChI is InChI=1S/C16H22N4O.ClH/c1-11(2)16-18-15(19-21-16)10-20-8-13(14(17)9-20)12-6-4-3-5-7-12;/h3-7,11,13-14H,8-10,17H2,1-2H3;1H/t13-,14+;/m0./s1. The zero-order valence-corrected chi connectivity index (χ0v) is 13.8. The molecule has 0 aliphatic carbocycles. The summed E-state index contributed by atoms with van der Waals surface area (Å²) >= 11 is 0. The van der Waals surface area contributed by atoms with Gasteiger partial charge >= 0.3 is 0 Å². The Balaban J connectivity index is 0.00000176. The first-order chi connectivity index (χ1) is 10.1. The van der Waals surface area contributed by atoms with Crippen molar-refractivity contribution in [2.24, 2.45) is 5.73 Å². The smallest absolute Gasteiger partial charge is 0.229 e. The van der Waals surface area contributed by atoms with Crippen LogP contribution in [0.25, 0.3) is 0 Å². The molecule has 3 rings (SSSR count). The van der Waals surface area contributed by atoms with Crippen molar-refractivity contribution < 1.29 is 4.52 Å². The molecule has 5 nitrogen and oxygen atoms in total. The average Bonchev–Trinajstić information content (AvgIpc) is 3.07. The van der Waals surface area contributed by atoms with Gasteiger partial charge in [0.05, 0.1) is 6.54 Å². The van der Waals surface area contributed by atoms with E-state index in [9.17, 15) is 0 Å². The lowest BCUT2D eigenvalue weighted by Gasteiger charge is -2.14. The first-order valence-corrected chi connectivity index (χ1v) is 7.49. The Morgan fingerprint density at radius 2 is 2.00 bits per heavy atom. The minimum absolute atomic E-state index is 0. The molecule has 0 radical (unpaired) electrons. The first kappa shape index (κ1) is 16.9. The van der Waals surface area contributed by atoms with E-state index in [1.807, 2.05) is 6.07 Å². The molecule has 120 valence electrons. The zero-order chi connectivity index (χ0) is 14.8. The molecule has 2 heterocycles. The fourth-order valence-corrected chi connectivity index (χ4v) is 2.86. The maximum Gasteiger partial charge on any atom is 0.229 e. The number of hydrogen-bond donors (Lipinski definition) is 1. The SMILES string of the molecule is CC(C)c1nc(CN2C[C@@H](N)[C@H](c3ccccc3)C2)no1.Cl. The second-order valence-electron chi connectivity index (χ2n) is 6.08. The Morgan fingerprint density at radius 3 is 2.64 bits per heavy atom. The molecule has 0 bridgehead atoms. The van der Waals surface area contributed by atoms with Crippen LogP contribution in [-0.4, -0.2) is 34.2 Å². The van der Waals surface area contributed by atoms with Crippen molar-refractivity contribution in [3.63, 3.8) is 0 Å². The molecule has 1 aliphatic heterocycles. The Hall–Kier alpha value is -1.43. The molecule has 2 N–H and O–H groups in total. The summed E-state index contributed by atoms with van der Waals surface area (Å²) < 4.78 is 5.26. The Bertz CT molecular complexity index is 587. The molecule has 1 fully saturated rings. The first-order valence-electron chi connectivity index (χ1n) is 7.49. The highest BCUT2D eigenvalue weighted by Crippen LogP contribution is 2.27. The fourth-order valence-electron chi connectivity index (χ4n) is 2.86. The topological polar surface area (TPSA) is 68.2 Å². The zero-order valence-electron chi connectivity index (χ0n) is 13.0. The molecule has 2 aromatic rings. The summed E-state index contributed by atoms with van der Waals surface area (Å²) in [6.07, 6.45) is 0. The van der Waals surface area contributed by atoms with Gasteiger partial charge in [0.15, 0.2) is 5.82 Å². The highest BCUT2D eigenvalue weighted by molar-refractivity contribution is 5.85. The summed E-state index contributed by atoms with van der Waals surface area (Å²) in [5.41, 5.74) is 7.61. The molecular weight excluding hydrogens is 300 g/mol. The van der Waals surface area contributed by atoms with E-state index in [4.69, 9.17) is 10.3 Å². The molecule has 2 atom stereocenters. The number of nitrogens with zero attached hydrogens (tertiary/aromatic N) is 3. The van der Waals surface area contributed by atoms with Gasteiger partial charge in [-0.25, -0.2) is 0 Å². The van der Waals surface area contributed by atoms with Gasteiger partial charge < -0.3 is 10.3 Å². The summed E-state index contributed by atoms with van der Waals surface area (Å²) in [7, 11) is 0. The van der Waals surface area contributed by atoms with E-state index >= 15 is 0 Å².